The van der Waals surface area contributed by atoms with Crippen molar-refractivity contribution in [3.63, 3.8) is 0 Å². The zero-order chi connectivity index (χ0) is 14.4. The lowest BCUT2D eigenvalue weighted by Crippen LogP contribution is -2.11. The molecule has 20 heavy (non-hydrogen) atoms. The smallest absolute Gasteiger partial charge is 0.119 e. The van der Waals surface area contributed by atoms with Crippen LogP contribution >= 0.6 is 23.2 Å². The summed E-state index contributed by atoms with van der Waals surface area (Å²) in [5, 5.41) is 4.35. The van der Waals surface area contributed by atoms with Crippen molar-refractivity contribution in [3.8, 4) is 5.75 Å². The lowest BCUT2D eigenvalue weighted by atomic mass is 10.2. The van der Waals surface area contributed by atoms with Crippen LogP contribution in [0.25, 0.3) is 0 Å². The van der Waals surface area contributed by atoms with Gasteiger partial charge in [-0.05, 0) is 42.3 Å². The van der Waals surface area contributed by atoms with Gasteiger partial charge in [0.1, 0.15) is 12.4 Å². The van der Waals surface area contributed by atoms with Gasteiger partial charge in [0.2, 0.25) is 0 Å². The number of benzene rings is 2. The van der Waals surface area contributed by atoms with Gasteiger partial charge in [0.15, 0.2) is 0 Å². The highest BCUT2D eigenvalue weighted by Gasteiger charge is 1.99. The Morgan fingerprint density at radius 2 is 1.75 bits per heavy atom. The van der Waals surface area contributed by atoms with Gasteiger partial charge in [-0.3, -0.25) is 0 Å². The molecule has 0 fully saturated rings. The number of aryl methyl sites for hydroxylation is 1. The first-order chi connectivity index (χ1) is 9.69. The minimum atomic E-state index is 0.549. The largest absolute Gasteiger partial charge is 0.492 e. The van der Waals surface area contributed by atoms with Crippen LogP contribution in [-0.4, -0.2) is 13.2 Å². The molecule has 0 heterocycles. The second kappa shape index (κ2) is 7.41. The lowest BCUT2D eigenvalue weighted by Gasteiger charge is -2.09. The molecule has 106 valence electrons. The van der Waals surface area contributed by atoms with Gasteiger partial charge in [-0.1, -0.05) is 42.3 Å². The minimum absolute atomic E-state index is 0.549. The third-order valence-electron chi connectivity index (χ3n) is 2.95. The van der Waals surface area contributed by atoms with Crippen molar-refractivity contribution >= 4 is 28.9 Å². The molecule has 0 spiro atoms. The van der Waals surface area contributed by atoms with E-state index in [-0.39, 0.29) is 0 Å². The number of rotatable bonds is 6. The van der Waals surface area contributed by atoms with Crippen LogP contribution in [-0.2, 0) is 6.42 Å². The standard InChI is InChI=1S/C16H17Cl2NO/c1-2-12-3-6-14(7-4-12)20-10-9-19-13-5-8-15(17)16(18)11-13/h3-8,11,19H,2,9-10H2,1H3. The van der Waals surface area contributed by atoms with E-state index in [1.54, 1.807) is 12.1 Å². The zero-order valence-corrected chi connectivity index (χ0v) is 12.8. The molecule has 2 rings (SSSR count). The molecule has 0 bridgehead atoms. The normalized spacial score (nSPS) is 10.3. The fraction of sp³-hybridized carbons (Fsp3) is 0.250. The highest BCUT2D eigenvalue weighted by Crippen LogP contribution is 2.24. The molecule has 4 heteroatoms. The maximum atomic E-state index is 5.95. The topological polar surface area (TPSA) is 21.3 Å². The zero-order valence-electron chi connectivity index (χ0n) is 11.3. The van der Waals surface area contributed by atoms with Crippen molar-refractivity contribution in [1.29, 1.82) is 0 Å². The molecule has 1 N–H and O–H groups in total. The summed E-state index contributed by atoms with van der Waals surface area (Å²) in [4.78, 5) is 0. The summed E-state index contributed by atoms with van der Waals surface area (Å²) in [6.07, 6.45) is 1.04. The van der Waals surface area contributed by atoms with E-state index in [1.807, 2.05) is 18.2 Å². The number of anilines is 1. The highest BCUT2D eigenvalue weighted by molar-refractivity contribution is 6.42. The van der Waals surface area contributed by atoms with Crippen LogP contribution in [0.1, 0.15) is 12.5 Å². The highest BCUT2D eigenvalue weighted by atomic mass is 35.5. The van der Waals surface area contributed by atoms with Gasteiger partial charge in [0.25, 0.3) is 0 Å². The average Bonchev–Trinajstić information content (AvgIpc) is 2.48. The van der Waals surface area contributed by atoms with Gasteiger partial charge >= 0.3 is 0 Å². The van der Waals surface area contributed by atoms with E-state index in [1.165, 1.54) is 5.56 Å². The molecule has 0 aliphatic carbocycles. The van der Waals surface area contributed by atoms with Crippen LogP contribution in [0.2, 0.25) is 10.0 Å². The molecule has 0 unspecified atom stereocenters. The van der Waals surface area contributed by atoms with E-state index in [0.717, 1.165) is 17.9 Å². The predicted octanol–water partition coefficient (Wildman–Crippen LogP) is 5.05. The number of ether oxygens (including phenoxy) is 1. The molecule has 2 aromatic rings. The molecule has 2 nitrogen and oxygen atoms in total. The second-order valence-electron chi connectivity index (χ2n) is 4.40. The molecular formula is C16H17Cl2NO. The van der Waals surface area contributed by atoms with Crippen molar-refractivity contribution in [2.75, 3.05) is 18.5 Å². The molecule has 2 aromatic carbocycles. The summed E-state index contributed by atoms with van der Waals surface area (Å²) in [6, 6.07) is 13.6. The summed E-state index contributed by atoms with van der Waals surface area (Å²) >= 11 is 11.8. The molecular weight excluding hydrogens is 293 g/mol. The molecule has 0 aliphatic heterocycles. The van der Waals surface area contributed by atoms with E-state index >= 15 is 0 Å². The molecule has 0 amide bonds. The Morgan fingerprint density at radius 1 is 1.00 bits per heavy atom. The predicted molar refractivity (Wildman–Crippen MR) is 86.3 cm³/mol. The van der Waals surface area contributed by atoms with Crippen molar-refractivity contribution < 1.29 is 4.74 Å². The van der Waals surface area contributed by atoms with E-state index in [9.17, 15) is 0 Å². The van der Waals surface area contributed by atoms with Crippen LogP contribution < -0.4 is 10.1 Å². The van der Waals surface area contributed by atoms with Crippen LogP contribution in [0.5, 0.6) is 5.75 Å². The first-order valence-electron chi connectivity index (χ1n) is 6.59. The Balaban J connectivity index is 1.76. The van der Waals surface area contributed by atoms with Gasteiger partial charge in [0, 0.05) is 12.2 Å². The maximum absolute atomic E-state index is 5.95. The van der Waals surface area contributed by atoms with Crippen LogP contribution in [0, 0.1) is 0 Å². The van der Waals surface area contributed by atoms with Gasteiger partial charge in [0.05, 0.1) is 10.0 Å². The van der Waals surface area contributed by atoms with E-state index in [4.69, 9.17) is 27.9 Å². The molecule has 0 aromatic heterocycles. The Morgan fingerprint density at radius 3 is 2.40 bits per heavy atom. The van der Waals surface area contributed by atoms with Crippen molar-refractivity contribution in [2.24, 2.45) is 0 Å². The number of hydrogen-bond acceptors (Lipinski definition) is 2. The maximum Gasteiger partial charge on any atom is 0.119 e. The number of hydrogen-bond donors (Lipinski definition) is 1. The first-order valence-corrected chi connectivity index (χ1v) is 7.35. The fourth-order valence-electron chi connectivity index (χ4n) is 1.79. The quantitative estimate of drug-likeness (QED) is 0.754. The van der Waals surface area contributed by atoms with Gasteiger partial charge in [-0.25, -0.2) is 0 Å². The Kier molecular flexibility index (Phi) is 5.57. The van der Waals surface area contributed by atoms with E-state index < -0.39 is 0 Å². The summed E-state index contributed by atoms with van der Waals surface area (Å²) < 4.78 is 5.66. The van der Waals surface area contributed by atoms with Crippen LogP contribution in [0.4, 0.5) is 5.69 Å². The first kappa shape index (κ1) is 15.0. The second-order valence-corrected chi connectivity index (χ2v) is 5.22. The lowest BCUT2D eigenvalue weighted by molar-refractivity contribution is 0.333. The van der Waals surface area contributed by atoms with Crippen LogP contribution in [0.3, 0.4) is 0 Å². The summed E-state index contributed by atoms with van der Waals surface area (Å²) in [5.41, 5.74) is 2.25. The van der Waals surface area contributed by atoms with Crippen LogP contribution in [0.15, 0.2) is 42.5 Å². The van der Waals surface area contributed by atoms with E-state index in [2.05, 4.69) is 24.4 Å². The Hall–Kier alpha value is -1.38. The average molecular weight is 310 g/mol. The summed E-state index contributed by atoms with van der Waals surface area (Å²) in [5.74, 6) is 0.887. The Bertz CT molecular complexity index is 555. The molecule has 0 radical (unpaired) electrons. The van der Waals surface area contributed by atoms with Gasteiger partial charge in [-0.2, -0.15) is 0 Å². The SMILES string of the molecule is CCc1ccc(OCCNc2ccc(Cl)c(Cl)c2)cc1. The third-order valence-corrected chi connectivity index (χ3v) is 3.69. The van der Waals surface area contributed by atoms with Crippen molar-refractivity contribution in [2.45, 2.75) is 13.3 Å². The summed E-state index contributed by atoms with van der Waals surface area (Å²) in [7, 11) is 0. The minimum Gasteiger partial charge on any atom is -0.492 e. The Labute approximate surface area is 129 Å². The molecule has 0 atom stereocenters. The third kappa shape index (κ3) is 4.32. The van der Waals surface area contributed by atoms with E-state index in [0.29, 0.717) is 23.2 Å². The summed E-state index contributed by atoms with van der Waals surface area (Å²) in [6.45, 7) is 3.43. The molecule has 0 saturated heterocycles. The molecule has 0 saturated carbocycles. The number of halogens is 2. The van der Waals surface area contributed by atoms with Gasteiger partial charge in [-0.15, -0.1) is 0 Å². The van der Waals surface area contributed by atoms with Gasteiger partial charge < -0.3 is 10.1 Å². The van der Waals surface area contributed by atoms with Crippen molar-refractivity contribution in [3.05, 3.63) is 58.1 Å². The monoisotopic (exact) mass is 309 g/mol. The number of nitrogens with one attached hydrogen (secondary N) is 1. The fourth-order valence-corrected chi connectivity index (χ4v) is 2.09. The molecule has 0 aliphatic rings. The van der Waals surface area contributed by atoms with Crippen molar-refractivity contribution in [1.82, 2.24) is 0 Å².